The molecule has 1 unspecified atom stereocenters. The van der Waals surface area contributed by atoms with Crippen LogP contribution in [0.5, 0.6) is 0 Å². The number of pyridine rings is 1. The van der Waals surface area contributed by atoms with Crippen LogP contribution in [0, 0.1) is 0 Å². The zero-order valence-electron chi connectivity index (χ0n) is 17.9. The lowest BCUT2D eigenvalue weighted by Gasteiger charge is -2.22. The van der Waals surface area contributed by atoms with Crippen LogP contribution in [0.4, 0.5) is 5.69 Å². The van der Waals surface area contributed by atoms with E-state index in [1.54, 1.807) is 12.3 Å². The van der Waals surface area contributed by atoms with Gasteiger partial charge in [-0.25, -0.2) is 4.68 Å². The number of rotatable bonds is 5. The van der Waals surface area contributed by atoms with E-state index in [0.29, 0.717) is 10.7 Å². The zero-order chi connectivity index (χ0) is 22.6. The molecular weight excluding hydrogens is 436 g/mol. The predicted octanol–water partition coefficient (Wildman–Crippen LogP) is 6.22. The smallest absolute Gasteiger partial charge is 0.274 e. The van der Waals surface area contributed by atoms with E-state index in [4.69, 9.17) is 21.4 Å². The molecule has 0 aliphatic carbocycles. The minimum absolute atomic E-state index is 0.104. The molecule has 0 bridgehead atoms. The van der Waals surface area contributed by atoms with Gasteiger partial charge < -0.3 is 10.1 Å². The van der Waals surface area contributed by atoms with Gasteiger partial charge in [0.05, 0.1) is 0 Å². The number of nitrogens with one attached hydrogen (secondary N) is 1. The van der Waals surface area contributed by atoms with E-state index in [2.05, 4.69) is 10.3 Å². The summed E-state index contributed by atoms with van der Waals surface area (Å²) in [5.74, 6) is -0.268. The SMILES string of the molecule is O=C(Nc1ccccc1)c1cc(-c2cn(C3CCCCO3)nc2-c2cccc(Cl)c2)ccn1. The van der Waals surface area contributed by atoms with E-state index < -0.39 is 0 Å². The van der Waals surface area contributed by atoms with Gasteiger partial charge in [-0.15, -0.1) is 0 Å². The fourth-order valence-electron chi connectivity index (χ4n) is 3.97. The number of carbonyl (C=O) groups excluding carboxylic acids is 1. The number of hydrogen-bond acceptors (Lipinski definition) is 4. The summed E-state index contributed by atoms with van der Waals surface area (Å²) in [5.41, 5.74) is 4.47. The van der Waals surface area contributed by atoms with Crippen molar-refractivity contribution in [2.45, 2.75) is 25.5 Å². The molecule has 0 radical (unpaired) electrons. The van der Waals surface area contributed by atoms with Gasteiger partial charge in [0.2, 0.25) is 0 Å². The number of para-hydroxylation sites is 1. The quantitative estimate of drug-likeness (QED) is 0.385. The van der Waals surface area contributed by atoms with Gasteiger partial charge in [-0.3, -0.25) is 9.78 Å². The summed E-state index contributed by atoms with van der Waals surface area (Å²) in [4.78, 5) is 17.1. The number of ether oxygens (including phenoxy) is 1. The van der Waals surface area contributed by atoms with Crippen molar-refractivity contribution in [2.75, 3.05) is 11.9 Å². The highest BCUT2D eigenvalue weighted by Gasteiger charge is 2.21. The largest absolute Gasteiger partial charge is 0.357 e. The number of nitrogens with zero attached hydrogens (tertiary/aromatic N) is 3. The molecule has 7 heteroatoms. The number of amides is 1. The summed E-state index contributed by atoms with van der Waals surface area (Å²) in [5, 5.41) is 8.40. The average molecular weight is 459 g/mol. The zero-order valence-corrected chi connectivity index (χ0v) is 18.7. The molecule has 2 aromatic heterocycles. The second kappa shape index (κ2) is 9.57. The number of halogens is 1. The van der Waals surface area contributed by atoms with Crippen molar-refractivity contribution in [2.24, 2.45) is 0 Å². The molecule has 33 heavy (non-hydrogen) atoms. The van der Waals surface area contributed by atoms with Gasteiger partial charge in [0.15, 0.2) is 0 Å². The third-order valence-corrected chi connectivity index (χ3v) is 5.85. The Morgan fingerprint density at radius 2 is 1.91 bits per heavy atom. The highest BCUT2D eigenvalue weighted by molar-refractivity contribution is 6.30. The molecule has 1 N–H and O–H groups in total. The first-order chi connectivity index (χ1) is 16.2. The molecule has 0 saturated carbocycles. The number of anilines is 1. The van der Waals surface area contributed by atoms with E-state index in [9.17, 15) is 4.79 Å². The van der Waals surface area contributed by atoms with Gasteiger partial charge in [-0.2, -0.15) is 5.10 Å². The van der Waals surface area contributed by atoms with Crippen LogP contribution in [-0.4, -0.2) is 27.3 Å². The van der Waals surface area contributed by atoms with Crippen LogP contribution in [-0.2, 0) is 4.74 Å². The van der Waals surface area contributed by atoms with Gasteiger partial charge in [-0.05, 0) is 61.2 Å². The van der Waals surface area contributed by atoms with Crippen molar-refractivity contribution in [3.63, 3.8) is 0 Å². The molecule has 3 heterocycles. The van der Waals surface area contributed by atoms with E-state index in [0.717, 1.165) is 53.9 Å². The normalized spacial score (nSPS) is 15.8. The van der Waals surface area contributed by atoms with Gasteiger partial charge in [0.25, 0.3) is 5.91 Å². The van der Waals surface area contributed by atoms with Gasteiger partial charge in [-0.1, -0.05) is 41.9 Å². The molecule has 5 rings (SSSR count). The number of aromatic nitrogens is 3. The van der Waals surface area contributed by atoms with Crippen LogP contribution < -0.4 is 5.32 Å². The van der Waals surface area contributed by atoms with Crippen LogP contribution in [0.2, 0.25) is 5.02 Å². The summed E-state index contributed by atoms with van der Waals surface area (Å²) >= 11 is 6.27. The van der Waals surface area contributed by atoms with Crippen molar-refractivity contribution in [1.82, 2.24) is 14.8 Å². The highest BCUT2D eigenvalue weighted by Crippen LogP contribution is 2.34. The highest BCUT2D eigenvalue weighted by atomic mass is 35.5. The summed E-state index contributed by atoms with van der Waals surface area (Å²) in [7, 11) is 0. The van der Waals surface area contributed by atoms with Crippen molar-refractivity contribution in [1.29, 1.82) is 0 Å². The number of benzene rings is 2. The summed E-state index contributed by atoms with van der Waals surface area (Å²) in [6.07, 6.45) is 6.61. The summed E-state index contributed by atoms with van der Waals surface area (Å²) in [6.45, 7) is 0.728. The minimum atomic E-state index is -0.268. The second-order valence-corrected chi connectivity index (χ2v) is 8.39. The number of hydrogen-bond donors (Lipinski definition) is 1. The fourth-order valence-corrected chi connectivity index (χ4v) is 4.16. The van der Waals surface area contributed by atoms with E-state index in [-0.39, 0.29) is 12.1 Å². The van der Waals surface area contributed by atoms with Crippen molar-refractivity contribution < 1.29 is 9.53 Å². The predicted molar refractivity (Wildman–Crippen MR) is 129 cm³/mol. The molecule has 1 amide bonds. The summed E-state index contributed by atoms with van der Waals surface area (Å²) in [6, 6.07) is 20.6. The lowest BCUT2D eigenvalue weighted by molar-refractivity contribution is -0.0393. The van der Waals surface area contributed by atoms with Gasteiger partial charge in [0, 0.05) is 40.8 Å². The molecule has 1 aliphatic rings. The van der Waals surface area contributed by atoms with Crippen LogP contribution in [0.1, 0.15) is 36.0 Å². The Kier molecular flexibility index (Phi) is 6.19. The Morgan fingerprint density at radius 1 is 1.03 bits per heavy atom. The third kappa shape index (κ3) is 4.82. The van der Waals surface area contributed by atoms with Crippen molar-refractivity contribution in [3.8, 4) is 22.4 Å². The Bertz CT molecular complexity index is 1270. The first-order valence-corrected chi connectivity index (χ1v) is 11.3. The topological polar surface area (TPSA) is 69.0 Å². The lowest BCUT2D eigenvalue weighted by atomic mass is 10.0. The average Bonchev–Trinajstić information content (AvgIpc) is 3.31. The standard InChI is InChI=1S/C26H23ClN4O2/c27-20-8-6-7-19(15-20)25-22(17-31(30-25)24-11-4-5-14-33-24)18-12-13-28-23(16-18)26(32)29-21-9-2-1-3-10-21/h1-3,6-10,12-13,15-17,24H,4-5,11,14H2,(H,29,32). The van der Waals surface area contributed by atoms with Crippen LogP contribution in [0.25, 0.3) is 22.4 Å². The van der Waals surface area contributed by atoms with E-state index in [1.807, 2.05) is 71.5 Å². The maximum Gasteiger partial charge on any atom is 0.274 e. The van der Waals surface area contributed by atoms with Crippen molar-refractivity contribution >= 4 is 23.2 Å². The van der Waals surface area contributed by atoms with Crippen molar-refractivity contribution in [3.05, 3.63) is 89.8 Å². The fraction of sp³-hybridized carbons (Fsp3) is 0.192. The molecule has 1 atom stereocenters. The molecule has 1 saturated heterocycles. The molecule has 0 spiro atoms. The van der Waals surface area contributed by atoms with Crippen LogP contribution in [0.3, 0.4) is 0 Å². The molecule has 6 nitrogen and oxygen atoms in total. The molecule has 1 aliphatic heterocycles. The Balaban J connectivity index is 1.53. The Labute approximate surface area is 197 Å². The molecular formula is C26H23ClN4O2. The molecule has 166 valence electrons. The Morgan fingerprint density at radius 3 is 2.70 bits per heavy atom. The maximum absolute atomic E-state index is 12.8. The second-order valence-electron chi connectivity index (χ2n) is 7.95. The monoisotopic (exact) mass is 458 g/mol. The molecule has 4 aromatic rings. The summed E-state index contributed by atoms with van der Waals surface area (Å²) < 4.78 is 7.84. The Hall–Kier alpha value is -3.48. The van der Waals surface area contributed by atoms with Gasteiger partial charge >= 0.3 is 0 Å². The maximum atomic E-state index is 12.8. The first-order valence-electron chi connectivity index (χ1n) is 11.0. The third-order valence-electron chi connectivity index (χ3n) is 5.62. The van der Waals surface area contributed by atoms with Crippen LogP contribution >= 0.6 is 11.6 Å². The van der Waals surface area contributed by atoms with Crippen LogP contribution in [0.15, 0.2) is 79.1 Å². The van der Waals surface area contributed by atoms with E-state index in [1.165, 1.54) is 0 Å². The molecule has 2 aromatic carbocycles. The minimum Gasteiger partial charge on any atom is -0.357 e. The van der Waals surface area contributed by atoms with E-state index >= 15 is 0 Å². The lowest BCUT2D eigenvalue weighted by Crippen LogP contribution is -2.18. The number of carbonyl (C=O) groups is 1. The first kappa shape index (κ1) is 21.4. The molecule has 1 fully saturated rings. The van der Waals surface area contributed by atoms with Gasteiger partial charge in [0.1, 0.15) is 17.6 Å².